The molecule has 112 valence electrons. The van der Waals surface area contributed by atoms with Gasteiger partial charge < -0.3 is 10.1 Å². The maximum atomic E-state index is 12.4. The van der Waals surface area contributed by atoms with Crippen LogP contribution in [-0.2, 0) is 14.8 Å². The fourth-order valence-corrected chi connectivity index (χ4v) is 3.88. The molecule has 2 heterocycles. The van der Waals surface area contributed by atoms with E-state index >= 15 is 0 Å². The maximum Gasteiger partial charge on any atom is 0.242 e. The number of pyridine rings is 1. The molecule has 1 aliphatic rings. The van der Waals surface area contributed by atoms with Crippen molar-refractivity contribution in [3.05, 3.63) is 17.3 Å². The minimum atomic E-state index is -3.69. The lowest BCUT2D eigenvalue weighted by Gasteiger charge is -2.28. The van der Waals surface area contributed by atoms with Crippen molar-refractivity contribution in [1.29, 1.82) is 0 Å². The van der Waals surface area contributed by atoms with Crippen molar-refractivity contribution < 1.29 is 13.2 Å². The summed E-state index contributed by atoms with van der Waals surface area (Å²) in [6.45, 7) is 4.22. The van der Waals surface area contributed by atoms with Crippen LogP contribution < -0.4 is 10.0 Å². The summed E-state index contributed by atoms with van der Waals surface area (Å²) < 4.78 is 32.9. The van der Waals surface area contributed by atoms with E-state index in [4.69, 9.17) is 16.3 Å². The van der Waals surface area contributed by atoms with E-state index in [1.807, 2.05) is 13.8 Å². The van der Waals surface area contributed by atoms with Crippen molar-refractivity contribution in [3.63, 3.8) is 0 Å². The van der Waals surface area contributed by atoms with Crippen LogP contribution >= 0.6 is 11.6 Å². The second-order valence-electron chi connectivity index (χ2n) is 5.04. The molecule has 2 N–H and O–H groups in total. The van der Waals surface area contributed by atoms with Crippen LogP contribution in [0.15, 0.2) is 17.2 Å². The average Bonchev–Trinajstić information content (AvgIpc) is 2.68. The molecule has 8 heteroatoms. The molecule has 1 aromatic rings. The minimum absolute atomic E-state index is 0.0434. The molecular weight excluding hydrogens is 302 g/mol. The van der Waals surface area contributed by atoms with Crippen LogP contribution in [-0.4, -0.2) is 38.7 Å². The second kappa shape index (κ2) is 5.48. The molecule has 1 fully saturated rings. The van der Waals surface area contributed by atoms with Gasteiger partial charge in [0.05, 0.1) is 16.7 Å². The van der Waals surface area contributed by atoms with Crippen LogP contribution in [0.2, 0.25) is 5.02 Å². The lowest BCUT2D eigenvalue weighted by atomic mass is 9.97. The van der Waals surface area contributed by atoms with E-state index in [0.29, 0.717) is 18.8 Å². The first-order chi connectivity index (χ1) is 9.28. The third-order valence-electron chi connectivity index (χ3n) is 3.62. The quantitative estimate of drug-likeness (QED) is 0.881. The number of hydrogen-bond acceptors (Lipinski definition) is 5. The van der Waals surface area contributed by atoms with Gasteiger partial charge in [0, 0.05) is 19.9 Å². The zero-order valence-corrected chi connectivity index (χ0v) is 13.2. The van der Waals surface area contributed by atoms with E-state index in [1.54, 1.807) is 7.05 Å². The molecule has 0 saturated carbocycles. The summed E-state index contributed by atoms with van der Waals surface area (Å²) in [5, 5.41) is 3.04. The van der Waals surface area contributed by atoms with Gasteiger partial charge in [0.1, 0.15) is 10.7 Å². The van der Waals surface area contributed by atoms with Crippen molar-refractivity contribution >= 4 is 27.4 Å². The van der Waals surface area contributed by atoms with Gasteiger partial charge in [0.15, 0.2) is 0 Å². The molecular formula is C12H18ClN3O3S. The van der Waals surface area contributed by atoms with E-state index in [2.05, 4.69) is 15.0 Å². The van der Waals surface area contributed by atoms with Crippen LogP contribution in [0.1, 0.15) is 20.3 Å². The third-order valence-corrected chi connectivity index (χ3v) is 5.48. The predicted molar refractivity (Wildman–Crippen MR) is 77.6 cm³/mol. The average molecular weight is 320 g/mol. The van der Waals surface area contributed by atoms with Gasteiger partial charge in [0.2, 0.25) is 10.0 Å². The highest BCUT2D eigenvalue weighted by Crippen LogP contribution is 2.28. The molecule has 2 atom stereocenters. The minimum Gasteiger partial charge on any atom is -0.376 e. The van der Waals surface area contributed by atoms with E-state index in [-0.39, 0.29) is 16.0 Å². The number of ether oxygens (including phenoxy) is 1. The van der Waals surface area contributed by atoms with Gasteiger partial charge in [-0.3, -0.25) is 0 Å². The molecule has 1 saturated heterocycles. The number of sulfonamides is 1. The summed E-state index contributed by atoms with van der Waals surface area (Å²) in [5.41, 5.74) is -0.618. The molecule has 2 unspecified atom stereocenters. The molecule has 0 aliphatic carbocycles. The van der Waals surface area contributed by atoms with Crippen LogP contribution in [0.5, 0.6) is 0 Å². The summed E-state index contributed by atoms with van der Waals surface area (Å²) in [7, 11) is -2.02. The van der Waals surface area contributed by atoms with Crippen LogP contribution in [0, 0.1) is 0 Å². The number of anilines is 1. The van der Waals surface area contributed by atoms with E-state index in [0.717, 1.165) is 0 Å². The Labute approximate surface area is 123 Å². The normalized spacial score (nSPS) is 26.7. The summed E-state index contributed by atoms with van der Waals surface area (Å²) in [6.07, 6.45) is 1.73. The zero-order valence-electron chi connectivity index (χ0n) is 11.6. The summed E-state index contributed by atoms with van der Waals surface area (Å²) in [5.74, 6) is 0.439. The maximum absolute atomic E-state index is 12.4. The Kier molecular flexibility index (Phi) is 4.24. The fraction of sp³-hybridized carbons (Fsp3) is 0.583. The molecule has 0 aromatic carbocycles. The summed E-state index contributed by atoms with van der Waals surface area (Å²) >= 11 is 5.97. The van der Waals surface area contributed by atoms with Gasteiger partial charge >= 0.3 is 0 Å². The fourth-order valence-electron chi connectivity index (χ4n) is 2.09. The number of rotatable bonds is 4. The Hall–Kier alpha value is -0.890. The first-order valence-corrected chi connectivity index (χ1v) is 8.13. The number of nitrogens with zero attached hydrogens (tertiary/aromatic N) is 1. The highest BCUT2D eigenvalue weighted by atomic mass is 35.5. The zero-order chi connectivity index (χ0) is 15.0. The number of hydrogen-bond donors (Lipinski definition) is 2. The molecule has 1 aliphatic heterocycles. The van der Waals surface area contributed by atoms with Crippen molar-refractivity contribution in [2.24, 2.45) is 0 Å². The van der Waals surface area contributed by atoms with E-state index < -0.39 is 15.6 Å². The largest absolute Gasteiger partial charge is 0.376 e. The van der Waals surface area contributed by atoms with Crippen molar-refractivity contribution in [3.8, 4) is 0 Å². The molecule has 6 nitrogen and oxygen atoms in total. The molecule has 1 aromatic heterocycles. The monoisotopic (exact) mass is 319 g/mol. The number of nitrogens with one attached hydrogen (secondary N) is 2. The second-order valence-corrected chi connectivity index (χ2v) is 7.13. The SMILES string of the molecule is CNc1ncc(S(=O)(=O)NC2(C)CCOC2C)cc1Cl. The van der Waals surface area contributed by atoms with Gasteiger partial charge in [-0.2, -0.15) is 0 Å². The Morgan fingerprint density at radius 2 is 2.25 bits per heavy atom. The van der Waals surface area contributed by atoms with Gasteiger partial charge in [-0.25, -0.2) is 18.1 Å². The molecule has 20 heavy (non-hydrogen) atoms. The lowest BCUT2D eigenvalue weighted by Crippen LogP contribution is -2.50. The Bertz CT molecular complexity index is 608. The molecule has 2 rings (SSSR count). The van der Waals surface area contributed by atoms with Crippen LogP contribution in [0.4, 0.5) is 5.82 Å². The molecule has 0 bridgehead atoms. The van der Waals surface area contributed by atoms with Gasteiger partial charge in [0.25, 0.3) is 0 Å². The lowest BCUT2D eigenvalue weighted by molar-refractivity contribution is 0.0957. The number of halogens is 1. The highest BCUT2D eigenvalue weighted by molar-refractivity contribution is 7.89. The van der Waals surface area contributed by atoms with Crippen LogP contribution in [0.25, 0.3) is 0 Å². The van der Waals surface area contributed by atoms with E-state index in [9.17, 15) is 8.42 Å². The first kappa shape index (κ1) is 15.5. The van der Waals surface area contributed by atoms with Gasteiger partial charge in [-0.05, 0) is 26.3 Å². The van der Waals surface area contributed by atoms with Gasteiger partial charge in [-0.1, -0.05) is 11.6 Å². The Morgan fingerprint density at radius 3 is 2.75 bits per heavy atom. The number of aromatic nitrogens is 1. The van der Waals surface area contributed by atoms with Crippen molar-refractivity contribution in [2.45, 2.75) is 36.8 Å². The third kappa shape index (κ3) is 2.90. The van der Waals surface area contributed by atoms with Crippen LogP contribution in [0.3, 0.4) is 0 Å². The van der Waals surface area contributed by atoms with Gasteiger partial charge in [-0.15, -0.1) is 0 Å². The Balaban J connectivity index is 2.29. The topological polar surface area (TPSA) is 80.3 Å². The predicted octanol–water partition coefficient (Wildman–Crippen LogP) is 1.62. The van der Waals surface area contributed by atoms with Crippen molar-refractivity contribution in [1.82, 2.24) is 9.71 Å². The first-order valence-electron chi connectivity index (χ1n) is 6.27. The molecule has 0 amide bonds. The van der Waals surface area contributed by atoms with E-state index in [1.165, 1.54) is 12.3 Å². The van der Waals surface area contributed by atoms with Crippen molar-refractivity contribution in [2.75, 3.05) is 19.0 Å². The molecule has 0 radical (unpaired) electrons. The smallest absolute Gasteiger partial charge is 0.242 e. The highest BCUT2D eigenvalue weighted by Gasteiger charge is 2.40. The summed E-state index contributed by atoms with van der Waals surface area (Å²) in [6, 6.07) is 1.38. The Morgan fingerprint density at radius 1 is 1.55 bits per heavy atom. The molecule has 0 spiro atoms. The summed E-state index contributed by atoms with van der Waals surface area (Å²) in [4.78, 5) is 4.03. The standard InChI is InChI=1S/C12H18ClN3O3S/c1-8-12(2,4-5-19-8)16-20(17,18)9-6-10(13)11(14-3)15-7-9/h6-8,16H,4-5H2,1-3H3,(H,14,15).